The van der Waals surface area contributed by atoms with Crippen LogP contribution in [-0.2, 0) is 26.1 Å². The Hall–Kier alpha value is -4.65. The van der Waals surface area contributed by atoms with Gasteiger partial charge in [0, 0.05) is 54.9 Å². The summed E-state index contributed by atoms with van der Waals surface area (Å²) >= 11 is 0. The molecule has 6 aromatic rings. The largest absolute Gasteiger partial charge is 0.457 e. The van der Waals surface area contributed by atoms with Crippen molar-refractivity contribution in [3.63, 3.8) is 0 Å². The first-order valence-electron chi connectivity index (χ1n) is 17.0. The van der Waals surface area contributed by atoms with E-state index in [1.807, 2.05) is 34.9 Å². The topological polar surface area (TPSA) is 92.4 Å². The predicted octanol–water partition coefficient (Wildman–Crippen LogP) is 8.69. The van der Waals surface area contributed by atoms with Gasteiger partial charge in [-0.3, -0.25) is 0 Å². The van der Waals surface area contributed by atoms with Crippen LogP contribution < -0.4 is 0 Å². The third-order valence-corrected chi connectivity index (χ3v) is 13.1. The Morgan fingerprint density at radius 2 is 1.65 bits per heavy atom. The lowest BCUT2D eigenvalue weighted by Gasteiger charge is -2.26. The van der Waals surface area contributed by atoms with Gasteiger partial charge in [0.2, 0.25) is 0 Å². The minimum atomic E-state index is -3.98. The molecule has 1 aliphatic heterocycles. The van der Waals surface area contributed by atoms with Gasteiger partial charge in [0.25, 0.3) is 10.0 Å². The Morgan fingerprint density at radius 3 is 2.31 bits per heavy atom. The molecule has 7 rings (SSSR count). The molecular weight excluding hydrogens is 689 g/mol. The van der Waals surface area contributed by atoms with Gasteiger partial charge in [-0.1, -0.05) is 62.1 Å². The third-order valence-electron chi connectivity index (χ3n) is 9.42. The van der Waals surface area contributed by atoms with Crippen molar-refractivity contribution < 1.29 is 31.5 Å². The van der Waals surface area contributed by atoms with Crippen molar-refractivity contribution in [1.29, 1.82) is 0 Å². The van der Waals surface area contributed by atoms with Crippen molar-refractivity contribution in [1.82, 2.24) is 13.8 Å². The molecule has 0 radical (unpaired) electrons. The zero-order chi connectivity index (χ0) is 35.9. The van der Waals surface area contributed by atoms with Crippen molar-refractivity contribution in [3.05, 3.63) is 120 Å². The van der Waals surface area contributed by atoms with E-state index in [1.54, 1.807) is 42.5 Å². The second-order valence-electron chi connectivity index (χ2n) is 14.2. The molecule has 12 heteroatoms. The number of rotatable bonds is 10. The summed E-state index contributed by atoms with van der Waals surface area (Å²) in [6.07, 6.45) is 2.71. The van der Waals surface area contributed by atoms with Crippen LogP contribution in [0.5, 0.6) is 0 Å². The fraction of sp³-hybridized carbons (Fsp3) is 0.282. The van der Waals surface area contributed by atoms with E-state index in [2.05, 4.69) is 24.7 Å². The number of carbonyl (C=O) groups excluding carboxylic acids is 1. The Morgan fingerprint density at radius 1 is 0.961 bits per heavy atom. The lowest BCUT2D eigenvalue weighted by molar-refractivity contribution is 0.0472. The molecule has 51 heavy (non-hydrogen) atoms. The van der Waals surface area contributed by atoms with Crippen LogP contribution in [0, 0.1) is 11.6 Å². The maximum atomic E-state index is 17.4. The lowest BCUT2D eigenvalue weighted by atomic mass is 9.89. The molecule has 0 bridgehead atoms. The zero-order valence-electron chi connectivity index (χ0n) is 28.7. The fourth-order valence-corrected chi connectivity index (χ4v) is 11.0. The molecule has 1 saturated heterocycles. The van der Waals surface area contributed by atoms with Crippen LogP contribution in [-0.4, -0.2) is 55.2 Å². The highest BCUT2D eigenvalue weighted by atomic mass is 32.2. The highest BCUT2D eigenvalue weighted by molar-refractivity contribution is 7.90. The molecule has 0 atom stereocenters. The van der Waals surface area contributed by atoms with E-state index in [9.17, 15) is 17.6 Å². The Kier molecular flexibility index (Phi) is 9.42. The van der Waals surface area contributed by atoms with Crippen molar-refractivity contribution in [2.45, 2.75) is 51.1 Å². The Labute approximate surface area is 296 Å². The number of fused-ring (bicyclic) bond motifs is 2. The number of hydrogen-bond acceptors (Lipinski definition) is 6. The second-order valence-corrected chi connectivity index (χ2v) is 21.8. The summed E-state index contributed by atoms with van der Waals surface area (Å²) in [6, 6.07) is 24.5. The number of carbonyl (C=O) groups is 1. The molecule has 1 fully saturated rings. The van der Waals surface area contributed by atoms with Gasteiger partial charge in [-0.15, -0.1) is 0 Å². The van der Waals surface area contributed by atoms with Crippen LogP contribution in [0.2, 0.25) is 25.7 Å². The minimum Gasteiger partial charge on any atom is -0.457 e. The van der Waals surface area contributed by atoms with E-state index in [0.29, 0.717) is 65.4 Å². The molecule has 0 unspecified atom stereocenters. The van der Waals surface area contributed by atoms with E-state index in [1.165, 1.54) is 18.3 Å². The Balaban J connectivity index is 1.44. The normalized spacial score (nSPS) is 14.4. The Bertz CT molecular complexity index is 2330. The van der Waals surface area contributed by atoms with Crippen LogP contribution in [0.4, 0.5) is 8.78 Å². The van der Waals surface area contributed by atoms with Crippen molar-refractivity contribution in [2.24, 2.45) is 0 Å². The van der Waals surface area contributed by atoms with Gasteiger partial charge in [0.15, 0.2) is 5.82 Å². The summed E-state index contributed by atoms with van der Waals surface area (Å²) in [5, 5.41) is 4.76. The van der Waals surface area contributed by atoms with Gasteiger partial charge >= 0.3 is 5.97 Å². The van der Waals surface area contributed by atoms with Crippen LogP contribution >= 0.6 is 0 Å². The highest BCUT2D eigenvalue weighted by Crippen LogP contribution is 2.46. The summed E-state index contributed by atoms with van der Waals surface area (Å²) in [4.78, 5) is 13.0. The molecule has 1 aliphatic rings. The van der Waals surface area contributed by atoms with E-state index in [4.69, 9.17) is 9.47 Å². The highest BCUT2D eigenvalue weighted by Gasteiger charge is 2.32. The quantitative estimate of drug-likeness (QED) is 0.104. The average Bonchev–Trinajstić information content (AvgIpc) is 3.72. The number of hydrogen-bond donors (Lipinski definition) is 0. The molecule has 264 valence electrons. The summed E-state index contributed by atoms with van der Waals surface area (Å²) < 4.78 is 73.1. The van der Waals surface area contributed by atoms with Gasteiger partial charge < -0.3 is 14.0 Å². The number of esters is 1. The first-order chi connectivity index (χ1) is 24.4. The second kappa shape index (κ2) is 13.8. The maximum absolute atomic E-state index is 17.4. The number of benzene rings is 4. The molecule has 0 amide bonds. The van der Waals surface area contributed by atoms with Gasteiger partial charge in [-0.25, -0.2) is 22.0 Å². The summed E-state index contributed by atoms with van der Waals surface area (Å²) in [6.45, 7) is 7.40. The van der Waals surface area contributed by atoms with Crippen LogP contribution in [0.3, 0.4) is 0 Å². The minimum absolute atomic E-state index is 0.0683. The van der Waals surface area contributed by atoms with Gasteiger partial charge in [-0.05, 0) is 72.5 Å². The maximum Gasteiger partial charge on any atom is 0.338 e. The van der Waals surface area contributed by atoms with Crippen molar-refractivity contribution in [2.75, 3.05) is 19.0 Å². The van der Waals surface area contributed by atoms with Crippen molar-refractivity contribution >= 4 is 45.9 Å². The molecule has 4 aromatic carbocycles. The number of halogens is 2. The first-order valence-corrected chi connectivity index (χ1v) is 22.4. The number of aromatic nitrogens is 3. The number of ether oxygens (including phenoxy) is 2. The van der Waals surface area contributed by atoms with Crippen LogP contribution in [0.15, 0.2) is 91.1 Å². The molecule has 0 spiro atoms. The molecule has 0 aliphatic carbocycles. The SMILES string of the molecule is C[Si](C)(C)CCS(=O)(=O)n1ncc2cc3c(c(-c4ccc(C(=O)OCc5ccccc5)cc4)c(C4CCOCC4)n3-c3ccc(F)cc3)c(F)c21. The molecule has 2 aromatic heterocycles. The van der Waals surface area contributed by atoms with E-state index < -0.39 is 35.7 Å². The summed E-state index contributed by atoms with van der Waals surface area (Å²) in [5.41, 5.74) is 4.20. The summed E-state index contributed by atoms with van der Waals surface area (Å²) in [5.74, 6) is -1.83. The molecule has 0 saturated carbocycles. The molecule has 0 N–H and O–H groups in total. The van der Waals surface area contributed by atoms with E-state index in [-0.39, 0.29) is 29.2 Å². The smallest absolute Gasteiger partial charge is 0.338 e. The monoisotopic (exact) mass is 727 g/mol. The first kappa shape index (κ1) is 34.8. The van der Waals surface area contributed by atoms with Gasteiger partial charge in [0.05, 0.1) is 23.0 Å². The van der Waals surface area contributed by atoms with E-state index >= 15 is 4.39 Å². The van der Waals surface area contributed by atoms with Crippen LogP contribution in [0.25, 0.3) is 38.6 Å². The summed E-state index contributed by atoms with van der Waals surface area (Å²) in [7, 11) is -5.73. The lowest BCUT2D eigenvalue weighted by Crippen LogP contribution is -2.27. The van der Waals surface area contributed by atoms with Crippen molar-refractivity contribution in [3.8, 4) is 16.8 Å². The van der Waals surface area contributed by atoms with E-state index in [0.717, 1.165) is 15.3 Å². The predicted molar refractivity (Wildman–Crippen MR) is 198 cm³/mol. The molecular formula is C39H39F2N3O5SSi. The van der Waals surface area contributed by atoms with Crippen LogP contribution in [0.1, 0.15) is 40.4 Å². The molecule has 8 nitrogen and oxygen atoms in total. The zero-order valence-corrected chi connectivity index (χ0v) is 30.6. The van der Waals surface area contributed by atoms with Gasteiger partial charge in [0.1, 0.15) is 17.9 Å². The van der Waals surface area contributed by atoms with Gasteiger partial charge in [-0.2, -0.15) is 9.19 Å². The standard InChI is InChI=1S/C39H39F2N3O5SSi/c1-51(2,3)22-21-50(46,47)44-38-30(24-42-44)23-33-35(36(38)41)34(27-9-11-29(12-10-27)39(45)49-25-26-7-5-4-6-8-26)37(28-17-19-48-20-18-28)43(33)32-15-13-31(40)14-16-32/h4-16,23-24,28H,17-22,25H2,1-3H3. The third kappa shape index (κ3) is 7.00. The fourth-order valence-electron chi connectivity index (χ4n) is 6.72. The molecule has 3 heterocycles. The average molecular weight is 728 g/mol. The number of nitrogens with zero attached hydrogens (tertiary/aromatic N) is 3.